The highest BCUT2D eigenvalue weighted by molar-refractivity contribution is 5.40. The van der Waals surface area contributed by atoms with Crippen LogP contribution in [0, 0.1) is 0 Å². The minimum Gasteiger partial charge on any atom is -0.497 e. The summed E-state index contributed by atoms with van der Waals surface area (Å²) in [5, 5.41) is 3.30. The molecule has 0 bridgehead atoms. The summed E-state index contributed by atoms with van der Waals surface area (Å²) in [4.78, 5) is 0. The zero-order valence-corrected chi connectivity index (χ0v) is 11.7. The first-order chi connectivity index (χ1) is 8.71. The van der Waals surface area contributed by atoms with Crippen LogP contribution in [0.5, 0.6) is 11.5 Å². The van der Waals surface area contributed by atoms with Crippen LogP contribution in [0.25, 0.3) is 0 Å². The fraction of sp³-hybridized carbons (Fsp3) is 0.571. The van der Waals surface area contributed by atoms with E-state index < -0.39 is 0 Å². The first kappa shape index (κ1) is 14.8. The van der Waals surface area contributed by atoms with Crippen molar-refractivity contribution < 1.29 is 14.2 Å². The molecule has 0 radical (unpaired) electrons. The van der Waals surface area contributed by atoms with Gasteiger partial charge < -0.3 is 19.5 Å². The van der Waals surface area contributed by atoms with Crippen LogP contribution in [-0.2, 0) is 11.3 Å². The molecular weight excluding hydrogens is 230 g/mol. The van der Waals surface area contributed by atoms with Crippen molar-refractivity contribution in [3.63, 3.8) is 0 Å². The number of rotatable bonds is 8. The molecule has 0 saturated carbocycles. The van der Waals surface area contributed by atoms with E-state index in [4.69, 9.17) is 14.2 Å². The highest BCUT2D eigenvalue weighted by atomic mass is 16.5. The summed E-state index contributed by atoms with van der Waals surface area (Å²) in [5.41, 5.74) is 1.13. The normalized spacial score (nSPS) is 12.2. The lowest BCUT2D eigenvalue weighted by molar-refractivity contribution is 0.0911. The van der Waals surface area contributed by atoms with Gasteiger partial charge in [0.15, 0.2) is 0 Å². The first-order valence-electron chi connectivity index (χ1n) is 6.24. The third-order valence-corrected chi connectivity index (χ3v) is 2.57. The number of hydrogen-bond donors (Lipinski definition) is 1. The molecule has 0 fully saturated rings. The second kappa shape index (κ2) is 7.95. The highest BCUT2D eigenvalue weighted by Crippen LogP contribution is 2.25. The molecule has 1 aromatic carbocycles. The Bertz CT molecular complexity index is 355. The molecule has 0 aromatic heterocycles. The largest absolute Gasteiger partial charge is 0.497 e. The van der Waals surface area contributed by atoms with Gasteiger partial charge in [-0.1, -0.05) is 13.0 Å². The average Bonchev–Trinajstić information content (AvgIpc) is 2.37. The fourth-order valence-corrected chi connectivity index (χ4v) is 1.66. The summed E-state index contributed by atoms with van der Waals surface area (Å²) in [6.45, 7) is 6.35. The number of benzene rings is 1. The van der Waals surface area contributed by atoms with Gasteiger partial charge in [-0.3, -0.25) is 0 Å². The Morgan fingerprint density at radius 3 is 2.67 bits per heavy atom. The van der Waals surface area contributed by atoms with Crippen LogP contribution in [0.3, 0.4) is 0 Å². The van der Waals surface area contributed by atoms with Gasteiger partial charge in [0.25, 0.3) is 0 Å². The van der Waals surface area contributed by atoms with Gasteiger partial charge in [-0.15, -0.1) is 0 Å². The lowest BCUT2D eigenvalue weighted by Crippen LogP contribution is -2.20. The molecule has 0 aliphatic carbocycles. The van der Waals surface area contributed by atoms with E-state index in [1.807, 2.05) is 25.1 Å². The molecule has 1 aromatic rings. The number of hydrogen-bond acceptors (Lipinski definition) is 4. The lowest BCUT2D eigenvalue weighted by atomic mass is 10.2. The second-order valence-electron chi connectivity index (χ2n) is 4.14. The highest BCUT2D eigenvalue weighted by Gasteiger charge is 2.09. The molecule has 0 heterocycles. The molecule has 0 aliphatic heterocycles. The Labute approximate surface area is 109 Å². The Balaban J connectivity index is 2.81. The summed E-state index contributed by atoms with van der Waals surface area (Å²) in [6.07, 6.45) is 0.0162. The van der Waals surface area contributed by atoms with Gasteiger partial charge in [0, 0.05) is 25.3 Å². The zero-order valence-electron chi connectivity index (χ0n) is 11.7. The van der Waals surface area contributed by atoms with E-state index in [0.29, 0.717) is 6.61 Å². The van der Waals surface area contributed by atoms with Crippen molar-refractivity contribution >= 4 is 0 Å². The van der Waals surface area contributed by atoms with Crippen LogP contribution in [-0.4, -0.2) is 33.5 Å². The summed E-state index contributed by atoms with van der Waals surface area (Å²) >= 11 is 0. The van der Waals surface area contributed by atoms with Crippen molar-refractivity contribution in [3.8, 4) is 11.5 Å². The molecule has 4 heteroatoms. The van der Waals surface area contributed by atoms with Crippen LogP contribution in [0.1, 0.15) is 19.4 Å². The molecular formula is C14H23NO3. The molecule has 1 atom stereocenters. The van der Waals surface area contributed by atoms with Gasteiger partial charge in [-0.2, -0.15) is 0 Å². The number of methoxy groups -OCH3 is 2. The standard InChI is InChI=1S/C14H23NO3/c1-5-15-9-12-6-7-13(17-4)8-14(12)18-11(2)10-16-3/h6-8,11,15H,5,9-10H2,1-4H3. The molecule has 0 spiro atoms. The molecule has 0 amide bonds. The Morgan fingerprint density at radius 2 is 2.06 bits per heavy atom. The topological polar surface area (TPSA) is 39.7 Å². The van der Waals surface area contributed by atoms with Crippen molar-refractivity contribution in [2.45, 2.75) is 26.5 Å². The van der Waals surface area contributed by atoms with Crippen molar-refractivity contribution in [1.29, 1.82) is 0 Å². The van der Waals surface area contributed by atoms with Gasteiger partial charge >= 0.3 is 0 Å². The van der Waals surface area contributed by atoms with Crippen LogP contribution in [0.4, 0.5) is 0 Å². The molecule has 0 aliphatic rings. The van der Waals surface area contributed by atoms with Crippen molar-refractivity contribution in [1.82, 2.24) is 5.32 Å². The fourth-order valence-electron chi connectivity index (χ4n) is 1.66. The van der Waals surface area contributed by atoms with Crippen LogP contribution in [0.2, 0.25) is 0 Å². The molecule has 102 valence electrons. The van der Waals surface area contributed by atoms with Crippen molar-refractivity contribution in [2.24, 2.45) is 0 Å². The SMILES string of the molecule is CCNCc1ccc(OC)cc1OC(C)COC. The van der Waals surface area contributed by atoms with E-state index in [1.54, 1.807) is 14.2 Å². The van der Waals surface area contributed by atoms with Gasteiger partial charge in [-0.25, -0.2) is 0 Å². The number of ether oxygens (including phenoxy) is 3. The van der Waals surface area contributed by atoms with E-state index >= 15 is 0 Å². The monoisotopic (exact) mass is 253 g/mol. The van der Waals surface area contributed by atoms with Crippen LogP contribution < -0.4 is 14.8 Å². The second-order valence-corrected chi connectivity index (χ2v) is 4.14. The Hall–Kier alpha value is -1.26. The van der Waals surface area contributed by atoms with Gasteiger partial charge in [0.1, 0.15) is 17.6 Å². The van der Waals surface area contributed by atoms with Crippen molar-refractivity contribution in [3.05, 3.63) is 23.8 Å². The Morgan fingerprint density at radius 1 is 1.28 bits per heavy atom. The van der Waals surface area contributed by atoms with E-state index in [9.17, 15) is 0 Å². The summed E-state index contributed by atoms with van der Waals surface area (Å²) in [5.74, 6) is 1.65. The van der Waals surface area contributed by atoms with Crippen molar-refractivity contribution in [2.75, 3.05) is 27.4 Å². The molecule has 1 rings (SSSR count). The maximum Gasteiger partial charge on any atom is 0.128 e. The summed E-state index contributed by atoms with van der Waals surface area (Å²) < 4.78 is 16.2. The predicted molar refractivity (Wildman–Crippen MR) is 72.3 cm³/mol. The minimum absolute atomic E-state index is 0.0162. The van der Waals surface area contributed by atoms with Gasteiger partial charge in [0.05, 0.1) is 13.7 Å². The third-order valence-electron chi connectivity index (χ3n) is 2.57. The summed E-state index contributed by atoms with van der Waals surface area (Å²) in [7, 11) is 3.33. The molecule has 1 N–H and O–H groups in total. The molecule has 1 unspecified atom stereocenters. The lowest BCUT2D eigenvalue weighted by Gasteiger charge is -2.18. The number of nitrogens with one attached hydrogen (secondary N) is 1. The Kier molecular flexibility index (Phi) is 6.54. The van der Waals surface area contributed by atoms with Gasteiger partial charge in [-0.05, 0) is 19.5 Å². The zero-order chi connectivity index (χ0) is 13.4. The van der Waals surface area contributed by atoms with E-state index in [-0.39, 0.29) is 6.10 Å². The predicted octanol–water partition coefficient (Wildman–Crippen LogP) is 2.22. The summed E-state index contributed by atoms with van der Waals surface area (Å²) in [6, 6.07) is 5.88. The molecule has 18 heavy (non-hydrogen) atoms. The van der Waals surface area contributed by atoms with E-state index in [2.05, 4.69) is 12.2 Å². The first-order valence-corrected chi connectivity index (χ1v) is 6.24. The van der Waals surface area contributed by atoms with Gasteiger partial charge in [0.2, 0.25) is 0 Å². The minimum atomic E-state index is 0.0162. The quantitative estimate of drug-likeness (QED) is 0.771. The molecule has 0 saturated heterocycles. The maximum atomic E-state index is 5.88. The van der Waals surface area contributed by atoms with E-state index in [0.717, 1.165) is 30.2 Å². The maximum absolute atomic E-state index is 5.88. The van der Waals surface area contributed by atoms with Crippen LogP contribution in [0.15, 0.2) is 18.2 Å². The third kappa shape index (κ3) is 4.55. The smallest absolute Gasteiger partial charge is 0.128 e. The average molecular weight is 253 g/mol. The van der Waals surface area contributed by atoms with E-state index in [1.165, 1.54) is 0 Å². The van der Waals surface area contributed by atoms with Crippen LogP contribution >= 0.6 is 0 Å². The molecule has 4 nitrogen and oxygen atoms in total.